The summed E-state index contributed by atoms with van der Waals surface area (Å²) < 4.78 is 18.7. The maximum Gasteiger partial charge on any atom is 0.318 e. The summed E-state index contributed by atoms with van der Waals surface area (Å²) in [7, 11) is 0. The largest absolute Gasteiger partial charge is 0.378 e. The molecular formula is C14H19FN2O2. The second-order valence-electron chi connectivity index (χ2n) is 4.78. The Morgan fingerprint density at radius 1 is 1.42 bits per heavy atom. The van der Waals surface area contributed by atoms with Gasteiger partial charge in [0.25, 0.3) is 0 Å². The number of urea groups is 1. The highest BCUT2D eigenvalue weighted by atomic mass is 19.1. The molecule has 5 heteroatoms. The molecule has 1 N–H and O–H groups in total. The van der Waals surface area contributed by atoms with E-state index >= 15 is 0 Å². The van der Waals surface area contributed by atoms with Crippen molar-refractivity contribution >= 4 is 6.03 Å². The van der Waals surface area contributed by atoms with Gasteiger partial charge in [-0.05, 0) is 31.0 Å². The molecular weight excluding hydrogens is 247 g/mol. The number of rotatable bonds is 2. The quantitative estimate of drug-likeness (QED) is 0.892. The molecule has 0 spiro atoms. The van der Waals surface area contributed by atoms with Crippen LogP contribution in [0.4, 0.5) is 9.18 Å². The number of morpholine rings is 1. The van der Waals surface area contributed by atoms with Crippen LogP contribution in [0.15, 0.2) is 18.2 Å². The molecule has 0 aliphatic carbocycles. The van der Waals surface area contributed by atoms with Crippen LogP contribution < -0.4 is 5.32 Å². The second-order valence-corrected chi connectivity index (χ2v) is 4.78. The van der Waals surface area contributed by atoms with E-state index in [1.807, 2.05) is 13.0 Å². The molecule has 1 aromatic carbocycles. The maximum absolute atomic E-state index is 13.5. The Balaban J connectivity index is 1.97. The van der Waals surface area contributed by atoms with Crippen molar-refractivity contribution in [2.24, 2.45) is 0 Å². The third-order valence-corrected chi connectivity index (χ3v) is 3.33. The Hall–Kier alpha value is -1.62. The van der Waals surface area contributed by atoms with Crippen molar-refractivity contribution in [1.29, 1.82) is 0 Å². The van der Waals surface area contributed by atoms with Gasteiger partial charge in [0.1, 0.15) is 5.82 Å². The molecule has 0 bridgehead atoms. The van der Waals surface area contributed by atoms with E-state index in [0.29, 0.717) is 31.9 Å². The Morgan fingerprint density at radius 2 is 2.11 bits per heavy atom. The fraction of sp³-hybridized carbons (Fsp3) is 0.500. The fourth-order valence-corrected chi connectivity index (χ4v) is 2.00. The van der Waals surface area contributed by atoms with E-state index in [2.05, 4.69) is 5.32 Å². The van der Waals surface area contributed by atoms with Crippen molar-refractivity contribution in [1.82, 2.24) is 10.2 Å². The van der Waals surface area contributed by atoms with E-state index in [1.165, 1.54) is 6.07 Å². The van der Waals surface area contributed by atoms with E-state index in [0.717, 1.165) is 5.56 Å². The molecule has 1 atom stereocenters. The smallest absolute Gasteiger partial charge is 0.318 e. The van der Waals surface area contributed by atoms with Crippen LogP contribution in [0.3, 0.4) is 0 Å². The first-order chi connectivity index (χ1) is 9.08. The lowest BCUT2D eigenvalue weighted by molar-refractivity contribution is 0.0526. The van der Waals surface area contributed by atoms with Crippen LogP contribution in [-0.4, -0.2) is 37.2 Å². The van der Waals surface area contributed by atoms with Crippen molar-refractivity contribution in [2.45, 2.75) is 19.9 Å². The van der Waals surface area contributed by atoms with Crippen LogP contribution in [0, 0.1) is 12.7 Å². The molecule has 1 aromatic rings. The summed E-state index contributed by atoms with van der Waals surface area (Å²) >= 11 is 0. The molecule has 104 valence electrons. The van der Waals surface area contributed by atoms with Crippen molar-refractivity contribution in [3.05, 3.63) is 35.1 Å². The molecule has 1 heterocycles. The summed E-state index contributed by atoms with van der Waals surface area (Å²) in [6.45, 7) is 5.90. The highest BCUT2D eigenvalue weighted by Gasteiger charge is 2.19. The van der Waals surface area contributed by atoms with Crippen LogP contribution in [0.5, 0.6) is 0 Å². The molecule has 1 aliphatic heterocycles. The lowest BCUT2D eigenvalue weighted by atomic mass is 10.1. The van der Waals surface area contributed by atoms with Crippen molar-refractivity contribution in [2.75, 3.05) is 26.3 Å². The van der Waals surface area contributed by atoms with Gasteiger partial charge < -0.3 is 15.0 Å². The number of halogens is 1. The van der Waals surface area contributed by atoms with Gasteiger partial charge in [-0.25, -0.2) is 9.18 Å². The number of ether oxygens (including phenoxy) is 1. The van der Waals surface area contributed by atoms with Gasteiger partial charge in [-0.15, -0.1) is 0 Å². The number of amides is 2. The number of nitrogens with one attached hydrogen (secondary N) is 1. The summed E-state index contributed by atoms with van der Waals surface area (Å²) in [4.78, 5) is 13.7. The minimum absolute atomic E-state index is 0.128. The Bertz CT molecular complexity index is 459. The van der Waals surface area contributed by atoms with E-state index in [-0.39, 0.29) is 17.9 Å². The topological polar surface area (TPSA) is 41.6 Å². The summed E-state index contributed by atoms with van der Waals surface area (Å²) in [5, 5.41) is 2.88. The molecule has 19 heavy (non-hydrogen) atoms. The first-order valence-corrected chi connectivity index (χ1v) is 6.47. The molecule has 1 saturated heterocycles. The molecule has 0 radical (unpaired) electrons. The average molecular weight is 266 g/mol. The van der Waals surface area contributed by atoms with Gasteiger partial charge in [0.05, 0.1) is 19.3 Å². The van der Waals surface area contributed by atoms with Crippen LogP contribution in [0.25, 0.3) is 0 Å². The van der Waals surface area contributed by atoms with E-state index < -0.39 is 0 Å². The number of nitrogens with zero attached hydrogens (tertiary/aromatic N) is 1. The molecule has 1 unspecified atom stereocenters. The summed E-state index contributed by atoms with van der Waals surface area (Å²) in [6, 6.07) is 4.69. The number of hydrogen-bond acceptors (Lipinski definition) is 2. The summed E-state index contributed by atoms with van der Waals surface area (Å²) in [5.74, 6) is -0.245. The van der Waals surface area contributed by atoms with Crippen molar-refractivity contribution in [3.63, 3.8) is 0 Å². The van der Waals surface area contributed by atoms with Gasteiger partial charge in [-0.2, -0.15) is 0 Å². The molecule has 2 rings (SSSR count). The molecule has 0 saturated carbocycles. The van der Waals surface area contributed by atoms with E-state index in [4.69, 9.17) is 4.74 Å². The predicted molar refractivity (Wildman–Crippen MR) is 70.5 cm³/mol. The zero-order valence-corrected chi connectivity index (χ0v) is 11.3. The molecule has 1 aliphatic rings. The van der Waals surface area contributed by atoms with Gasteiger partial charge in [-0.3, -0.25) is 0 Å². The molecule has 4 nitrogen and oxygen atoms in total. The van der Waals surface area contributed by atoms with E-state index in [1.54, 1.807) is 17.9 Å². The summed E-state index contributed by atoms with van der Waals surface area (Å²) in [5.41, 5.74) is 1.38. The minimum Gasteiger partial charge on any atom is -0.378 e. The number of carbonyl (C=O) groups excluding carboxylic acids is 1. The average Bonchev–Trinajstić information content (AvgIpc) is 2.42. The van der Waals surface area contributed by atoms with Gasteiger partial charge in [0.15, 0.2) is 0 Å². The minimum atomic E-state index is -0.245. The predicted octanol–water partition coefficient (Wildman–Crippen LogP) is 2.24. The van der Waals surface area contributed by atoms with Crippen molar-refractivity contribution < 1.29 is 13.9 Å². The number of aryl methyl sites for hydroxylation is 1. The highest BCUT2D eigenvalue weighted by Crippen LogP contribution is 2.16. The van der Waals surface area contributed by atoms with Crippen LogP contribution in [-0.2, 0) is 4.74 Å². The first kappa shape index (κ1) is 13.8. The Morgan fingerprint density at radius 3 is 2.74 bits per heavy atom. The van der Waals surface area contributed by atoms with E-state index in [9.17, 15) is 9.18 Å². The summed E-state index contributed by atoms with van der Waals surface area (Å²) in [6.07, 6.45) is 0. The Labute approximate surface area is 112 Å². The third-order valence-electron chi connectivity index (χ3n) is 3.33. The number of benzene rings is 1. The first-order valence-electron chi connectivity index (χ1n) is 6.47. The van der Waals surface area contributed by atoms with Gasteiger partial charge in [0, 0.05) is 13.1 Å². The monoisotopic (exact) mass is 266 g/mol. The molecule has 2 amide bonds. The lowest BCUT2D eigenvalue weighted by Crippen LogP contribution is -2.46. The zero-order valence-electron chi connectivity index (χ0n) is 11.3. The standard InChI is InChI=1S/C14H19FN2O2/c1-10-3-4-12(9-13(10)15)11(2)16-14(18)17-5-7-19-8-6-17/h3-4,9,11H,5-8H2,1-2H3,(H,16,18). The van der Waals surface area contributed by atoms with Gasteiger partial charge >= 0.3 is 6.03 Å². The zero-order chi connectivity index (χ0) is 13.8. The van der Waals surface area contributed by atoms with Crippen LogP contribution in [0.1, 0.15) is 24.1 Å². The normalized spacial score (nSPS) is 17.1. The van der Waals surface area contributed by atoms with Crippen LogP contribution >= 0.6 is 0 Å². The third kappa shape index (κ3) is 3.44. The highest BCUT2D eigenvalue weighted by molar-refractivity contribution is 5.74. The van der Waals surface area contributed by atoms with Crippen LogP contribution in [0.2, 0.25) is 0 Å². The number of hydrogen-bond donors (Lipinski definition) is 1. The van der Waals surface area contributed by atoms with Crippen molar-refractivity contribution in [3.8, 4) is 0 Å². The fourth-order valence-electron chi connectivity index (χ4n) is 2.00. The maximum atomic E-state index is 13.5. The van der Waals surface area contributed by atoms with Gasteiger partial charge in [0.2, 0.25) is 0 Å². The second kappa shape index (κ2) is 6.02. The molecule has 1 fully saturated rings. The van der Waals surface area contributed by atoms with Gasteiger partial charge in [-0.1, -0.05) is 12.1 Å². The number of carbonyl (C=O) groups is 1. The Kier molecular flexibility index (Phi) is 4.37. The molecule has 0 aromatic heterocycles. The lowest BCUT2D eigenvalue weighted by Gasteiger charge is -2.28. The SMILES string of the molecule is Cc1ccc(C(C)NC(=O)N2CCOCC2)cc1F.